The van der Waals surface area contributed by atoms with Crippen molar-refractivity contribution in [2.24, 2.45) is 5.92 Å². The van der Waals surface area contributed by atoms with Crippen LogP contribution in [-0.2, 0) is 4.79 Å². The Kier molecular flexibility index (Phi) is 6.87. The fourth-order valence-electron chi connectivity index (χ4n) is 3.00. The molecule has 3 rings (SSSR count). The summed E-state index contributed by atoms with van der Waals surface area (Å²) < 4.78 is 37.1. The van der Waals surface area contributed by atoms with Crippen LogP contribution in [-0.4, -0.2) is 48.8 Å². The number of aliphatic hydroxyl groups excluding tert-OH is 1. The number of alkyl halides is 3. The summed E-state index contributed by atoms with van der Waals surface area (Å²) in [7, 11) is 0. The number of rotatable bonds is 5. The number of benzene rings is 1. The van der Waals surface area contributed by atoms with Gasteiger partial charge >= 0.3 is 6.18 Å². The van der Waals surface area contributed by atoms with Gasteiger partial charge in [-0.3, -0.25) is 14.6 Å². The molecule has 1 aromatic carbocycles. The van der Waals surface area contributed by atoms with Crippen molar-refractivity contribution in [3.8, 4) is 11.8 Å². The second kappa shape index (κ2) is 9.41. The summed E-state index contributed by atoms with van der Waals surface area (Å²) in [6.07, 6.45) is -0.942. The van der Waals surface area contributed by atoms with Crippen molar-refractivity contribution in [3.63, 3.8) is 0 Å². The third-order valence-electron chi connectivity index (χ3n) is 4.81. The van der Waals surface area contributed by atoms with Crippen LogP contribution in [0.1, 0.15) is 35.7 Å². The normalized spacial score (nSPS) is 18.5. The number of carbonyl (C=O) groups is 2. The lowest BCUT2D eigenvalue weighted by molar-refractivity contribution is -0.123. The molecule has 1 heterocycles. The third-order valence-corrected chi connectivity index (χ3v) is 4.81. The summed E-state index contributed by atoms with van der Waals surface area (Å²) in [5.41, 5.74) is 4.54. The van der Waals surface area contributed by atoms with Gasteiger partial charge < -0.3 is 15.7 Å². The highest BCUT2D eigenvalue weighted by atomic mass is 19.4. The Hall–Kier alpha value is -3.03. The van der Waals surface area contributed by atoms with Crippen LogP contribution in [0.15, 0.2) is 30.0 Å². The second-order valence-corrected chi connectivity index (χ2v) is 7.46. The molecule has 10 heteroatoms. The number of nitrogens with zero attached hydrogens (tertiary/aromatic N) is 1. The van der Waals surface area contributed by atoms with E-state index in [1.165, 1.54) is 18.2 Å². The molecule has 0 bridgehead atoms. The zero-order valence-corrected chi connectivity index (χ0v) is 16.8. The number of anilines is 1. The van der Waals surface area contributed by atoms with E-state index in [0.29, 0.717) is 23.4 Å². The molecule has 0 spiro atoms. The molecule has 2 amide bonds. The van der Waals surface area contributed by atoms with Crippen molar-refractivity contribution in [1.29, 1.82) is 0 Å². The Morgan fingerprint density at radius 2 is 2.03 bits per heavy atom. The molecule has 4 N–H and O–H groups in total. The highest BCUT2D eigenvalue weighted by molar-refractivity contribution is 5.96. The molecule has 0 aromatic heterocycles. The van der Waals surface area contributed by atoms with Gasteiger partial charge in [0, 0.05) is 35.8 Å². The van der Waals surface area contributed by atoms with E-state index >= 15 is 0 Å². The molecule has 0 radical (unpaired) electrons. The molecule has 1 fully saturated rings. The lowest BCUT2D eigenvalue weighted by Gasteiger charge is -2.32. The van der Waals surface area contributed by atoms with Crippen LogP contribution in [0.25, 0.3) is 0 Å². The number of hydrazine groups is 1. The van der Waals surface area contributed by atoms with Gasteiger partial charge in [-0.15, -0.1) is 0 Å². The van der Waals surface area contributed by atoms with Crippen molar-refractivity contribution in [3.05, 3.63) is 41.1 Å². The molecule has 0 saturated heterocycles. The molecular formula is C21H23F3N4O3. The first-order valence-electron chi connectivity index (χ1n) is 9.82. The number of hydrogen-bond donors (Lipinski definition) is 4. The Bertz CT molecular complexity index is 945. The minimum absolute atomic E-state index is 0.00343. The summed E-state index contributed by atoms with van der Waals surface area (Å²) in [6, 6.07) is 4.47. The first-order valence-corrected chi connectivity index (χ1v) is 9.82. The highest BCUT2D eigenvalue weighted by Gasteiger charge is 2.30. The van der Waals surface area contributed by atoms with Gasteiger partial charge in [-0.2, -0.15) is 13.2 Å². The summed E-state index contributed by atoms with van der Waals surface area (Å²) >= 11 is 0. The SMILES string of the molecule is CC1CNN(c2ccc(C(=O)NCC(F)(F)F)cc2C#CCO)C=C1C(=O)NC1CC1. The van der Waals surface area contributed by atoms with E-state index in [-0.39, 0.29) is 23.4 Å². The lowest BCUT2D eigenvalue weighted by atomic mass is 9.99. The van der Waals surface area contributed by atoms with Gasteiger partial charge in [0.2, 0.25) is 5.91 Å². The standard InChI is InChI=1S/C21H23F3N4O3/c1-13-10-26-28(11-17(13)20(31)27-16-5-6-16)18-7-4-15(9-14(18)3-2-8-29)19(30)25-12-21(22,23)24/h4,7,9,11,13,16,26,29H,5-6,8,10,12H2,1H3,(H,25,30)(H,27,31). The largest absolute Gasteiger partial charge is 0.405 e. The van der Waals surface area contributed by atoms with Crippen LogP contribution in [0, 0.1) is 17.8 Å². The first kappa shape index (κ1) is 22.7. The van der Waals surface area contributed by atoms with Crippen LogP contribution in [0.5, 0.6) is 0 Å². The molecule has 7 nitrogen and oxygen atoms in total. The zero-order chi connectivity index (χ0) is 22.6. The predicted molar refractivity (Wildman–Crippen MR) is 108 cm³/mol. The molecule has 1 saturated carbocycles. The molecule has 1 unspecified atom stereocenters. The van der Waals surface area contributed by atoms with E-state index in [4.69, 9.17) is 5.11 Å². The summed E-state index contributed by atoms with van der Waals surface area (Å²) in [6.45, 7) is 0.520. The number of nitrogens with one attached hydrogen (secondary N) is 3. The van der Waals surface area contributed by atoms with Crippen molar-refractivity contribution in [2.45, 2.75) is 32.0 Å². The van der Waals surface area contributed by atoms with Crippen molar-refractivity contribution in [1.82, 2.24) is 16.1 Å². The lowest BCUT2D eigenvalue weighted by Crippen LogP contribution is -2.45. The van der Waals surface area contributed by atoms with Gasteiger partial charge in [0.25, 0.3) is 5.91 Å². The fraction of sp³-hybridized carbons (Fsp3) is 0.429. The van der Waals surface area contributed by atoms with Crippen LogP contribution in [0.4, 0.5) is 18.9 Å². The quantitative estimate of drug-likeness (QED) is 0.525. The third kappa shape index (κ3) is 6.23. The van der Waals surface area contributed by atoms with Crippen molar-refractivity contribution >= 4 is 17.5 Å². The topological polar surface area (TPSA) is 93.7 Å². The van der Waals surface area contributed by atoms with Crippen LogP contribution in [0.2, 0.25) is 0 Å². The molecule has 1 aliphatic heterocycles. The first-order chi connectivity index (χ1) is 14.7. The maximum atomic E-state index is 12.5. The molecule has 1 aliphatic carbocycles. The summed E-state index contributed by atoms with van der Waals surface area (Å²) in [4.78, 5) is 24.6. The Morgan fingerprint density at radius 1 is 1.29 bits per heavy atom. The minimum atomic E-state index is -4.52. The van der Waals surface area contributed by atoms with Gasteiger partial charge in [-0.25, -0.2) is 5.43 Å². The van der Waals surface area contributed by atoms with E-state index in [9.17, 15) is 22.8 Å². The van der Waals surface area contributed by atoms with Crippen LogP contribution in [0.3, 0.4) is 0 Å². The molecule has 166 valence electrons. The van der Waals surface area contributed by atoms with Crippen molar-refractivity contribution in [2.75, 3.05) is 24.7 Å². The number of amides is 2. The van der Waals surface area contributed by atoms with E-state index in [2.05, 4.69) is 22.6 Å². The maximum Gasteiger partial charge on any atom is 0.405 e. The zero-order valence-electron chi connectivity index (χ0n) is 16.8. The van der Waals surface area contributed by atoms with Gasteiger partial charge in [0.15, 0.2) is 0 Å². The molecule has 1 atom stereocenters. The minimum Gasteiger partial charge on any atom is -0.384 e. The Morgan fingerprint density at radius 3 is 2.68 bits per heavy atom. The molecular weight excluding hydrogens is 413 g/mol. The molecule has 1 aromatic rings. The second-order valence-electron chi connectivity index (χ2n) is 7.46. The smallest absolute Gasteiger partial charge is 0.384 e. The Labute approximate surface area is 177 Å². The fourth-order valence-corrected chi connectivity index (χ4v) is 3.00. The van der Waals surface area contributed by atoms with Gasteiger partial charge in [0.1, 0.15) is 13.2 Å². The predicted octanol–water partition coefficient (Wildman–Crippen LogP) is 1.45. The number of hydrogen-bond acceptors (Lipinski definition) is 5. The van der Waals surface area contributed by atoms with E-state index in [0.717, 1.165) is 12.8 Å². The number of carbonyl (C=O) groups excluding carboxylic acids is 2. The van der Waals surface area contributed by atoms with E-state index < -0.39 is 25.2 Å². The molecule has 31 heavy (non-hydrogen) atoms. The maximum absolute atomic E-state index is 12.5. The van der Waals surface area contributed by atoms with Crippen LogP contribution < -0.4 is 21.1 Å². The van der Waals surface area contributed by atoms with Gasteiger partial charge in [0.05, 0.1) is 11.3 Å². The average Bonchev–Trinajstić information content (AvgIpc) is 3.54. The van der Waals surface area contributed by atoms with E-state index in [1.54, 1.807) is 11.2 Å². The Balaban J connectivity index is 1.87. The average molecular weight is 436 g/mol. The monoisotopic (exact) mass is 436 g/mol. The summed E-state index contributed by atoms with van der Waals surface area (Å²) in [5.74, 6) is 4.12. The number of halogens is 3. The highest BCUT2D eigenvalue weighted by Crippen LogP contribution is 2.27. The van der Waals surface area contributed by atoms with Gasteiger partial charge in [-0.1, -0.05) is 18.8 Å². The molecule has 2 aliphatic rings. The van der Waals surface area contributed by atoms with Gasteiger partial charge in [-0.05, 0) is 31.0 Å². The number of aliphatic hydroxyl groups is 1. The van der Waals surface area contributed by atoms with Crippen LogP contribution >= 0.6 is 0 Å². The van der Waals surface area contributed by atoms with E-state index in [1.807, 2.05) is 12.2 Å². The van der Waals surface area contributed by atoms with Crippen molar-refractivity contribution < 1.29 is 27.9 Å². The summed E-state index contributed by atoms with van der Waals surface area (Å²) in [5, 5.41) is 15.4.